The van der Waals surface area contributed by atoms with Crippen molar-refractivity contribution < 1.29 is 32.9 Å². The Bertz CT molecular complexity index is 1520. The molecule has 4 rings (SSSR count). The molecule has 8 nitrogen and oxygen atoms in total. The van der Waals surface area contributed by atoms with Gasteiger partial charge in [-0.2, -0.15) is 0 Å². The lowest BCUT2D eigenvalue weighted by molar-refractivity contribution is -0.153. The summed E-state index contributed by atoms with van der Waals surface area (Å²) < 4.78 is 39.1. The number of rotatable bonds is 10. The summed E-state index contributed by atoms with van der Waals surface area (Å²) in [5, 5.41) is 2.75. The summed E-state index contributed by atoms with van der Waals surface area (Å²) in [6.07, 6.45) is 0.427. The normalized spacial score (nSPS) is 15.0. The van der Waals surface area contributed by atoms with Gasteiger partial charge in [0, 0.05) is 42.9 Å². The van der Waals surface area contributed by atoms with Crippen LogP contribution in [0.25, 0.3) is 11.1 Å². The Balaban J connectivity index is 1.62. The molecule has 47 heavy (non-hydrogen) atoms. The Morgan fingerprint density at radius 1 is 0.915 bits per heavy atom. The van der Waals surface area contributed by atoms with E-state index >= 15 is 4.39 Å². The maximum absolute atomic E-state index is 16.2. The van der Waals surface area contributed by atoms with Gasteiger partial charge >= 0.3 is 12.1 Å². The number of carbonyl (C=O) groups is 2. The summed E-state index contributed by atoms with van der Waals surface area (Å²) in [6, 6.07) is 18.1. The molecule has 3 aromatic rings. The van der Waals surface area contributed by atoms with E-state index in [1.807, 2.05) is 57.2 Å². The number of hydrogen-bond acceptors (Lipinski definition) is 7. The molecule has 1 atom stereocenters. The van der Waals surface area contributed by atoms with Crippen molar-refractivity contribution in [2.45, 2.75) is 91.7 Å². The summed E-state index contributed by atoms with van der Waals surface area (Å²) in [6.45, 7) is 16.6. The molecule has 1 aliphatic heterocycles. The average Bonchev–Trinajstić information content (AvgIpc) is 3.23. The number of para-hydroxylation sites is 1. The summed E-state index contributed by atoms with van der Waals surface area (Å²) in [4.78, 5) is 27.4. The van der Waals surface area contributed by atoms with Crippen molar-refractivity contribution >= 4 is 12.1 Å². The molecule has 1 N–H and O–H groups in total. The Kier molecular flexibility index (Phi) is 12.0. The number of halogens is 1. The zero-order valence-electron chi connectivity index (χ0n) is 28.8. The fourth-order valence-electron chi connectivity index (χ4n) is 5.46. The second-order valence-corrected chi connectivity index (χ2v) is 14.0. The van der Waals surface area contributed by atoms with Crippen LogP contribution in [-0.4, -0.2) is 54.5 Å². The molecule has 0 saturated carbocycles. The fraction of sp³-hybridized carbons (Fsp3) is 0.474. The van der Waals surface area contributed by atoms with E-state index in [-0.39, 0.29) is 19.0 Å². The third-order valence-electron chi connectivity index (χ3n) is 7.43. The van der Waals surface area contributed by atoms with Gasteiger partial charge in [0.25, 0.3) is 0 Å². The lowest BCUT2D eigenvalue weighted by Gasteiger charge is -2.23. The number of hydrogen-bond donors (Lipinski definition) is 1. The van der Waals surface area contributed by atoms with Crippen molar-refractivity contribution in [3.05, 3.63) is 88.7 Å². The highest BCUT2D eigenvalue weighted by Gasteiger charge is 2.22. The minimum Gasteiger partial charge on any atom is -0.489 e. The minimum atomic E-state index is -0.668. The van der Waals surface area contributed by atoms with Gasteiger partial charge in [-0.05, 0) is 89.8 Å². The van der Waals surface area contributed by atoms with E-state index in [4.69, 9.17) is 18.9 Å². The van der Waals surface area contributed by atoms with Crippen LogP contribution in [0, 0.1) is 5.82 Å². The van der Waals surface area contributed by atoms with Gasteiger partial charge in [0.1, 0.15) is 29.4 Å². The molecular formula is C38H49FN2O6. The standard InChI is InChI=1S/C38H49FN2O6/c1-26(40-36(43)47-38(5,6)7)31-13-10-14-32(35(31)39)30-21-27(24-41-16-11-18-44-19-17-41)20-28(22-30)25-45-33-15-9-8-12-29(33)23-34(42)46-37(2,3)4/h8-10,12-15,20-22,26H,11,16-19,23-25H2,1-7H3,(H,40,43)/t26-/m1/s1. The van der Waals surface area contributed by atoms with Gasteiger partial charge in [0.15, 0.2) is 0 Å². The molecule has 0 unspecified atom stereocenters. The maximum atomic E-state index is 16.2. The second kappa shape index (κ2) is 15.8. The van der Waals surface area contributed by atoms with E-state index in [2.05, 4.69) is 16.3 Å². The van der Waals surface area contributed by atoms with Crippen LogP contribution in [0.3, 0.4) is 0 Å². The maximum Gasteiger partial charge on any atom is 0.408 e. The third-order valence-corrected chi connectivity index (χ3v) is 7.43. The van der Waals surface area contributed by atoms with Crippen LogP contribution in [0.4, 0.5) is 9.18 Å². The number of carbonyl (C=O) groups excluding carboxylic acids is 2. The number of nitrogens with zero attached hydrogens (tertiary/aromatic N) is 1. The van der Waals surface area contributed by atoms with Crippen LogP contribution in [0.2, 0.25) is 0 Å². The van der Waals surface area contributed by atoms with Gasteiger partial charge in [-0.1, -0.05) is 42.5 Å². The van der Waals surface area contributed by atoms with Gasteiger partial charge < -0.3 is 24.3 Å². The fourth-order valence-corrected chi connectivity index (χ4v) is 5.46. The summed E-state index contributed by atoms with van der Waals surface area (Å²) in [5.74, 6) is -0.152. The quantitative estimate of drug-likeness (QED) is 0.225. The Morgan fingerprint density at radius 3 is 2.38 bits per heavy atom. The first-order valence-electron chi connectivity index (χ1n) is 16.3. The molecule has 1 heterocycles. The van der Waals surface area contributed by atoms with Crippen molar-refractivity contribution in [1.82, 2.24) is 10.2 Å². The zero-order chi connectivity index (χ0) is 34.2. The first-order chi connectivity index (χ1) is 22.2. The number of alkyl carbamates (subject to hydrolysis) is 1. The number of esters is 1. The van der Waals surface area contributed by atoms with Crippen LogP contribution < -0.4 is 10.1 Å². The lowest BCUT2D eigenvalue weighted by atomic mass is 9.95. The molecule has 0 spiro atoms. The van der Waals surface area contributed by atoms with Gasteiger partial charge in [-0.25, -0.2) is 9.18 Å². The van der Waals surface area contributed by atoms with Gasteiger partial charge in [0.2, 0.25) is 0 Å². The first-order valence-corrected chi connectivity index (χ1v) is 16.3. The lowest BCUT2D eigenvalue weighted by Crippen LogP contribution is -2.34. The average molecular weight is 649 g/mol. The molecule has 3 aromatic carbocycles. The molecule has 9 heteroatoms. The predicted octanol–water partition coefficient (Wildman–Crippen LogP) is 7.76. The number of nitrogens with one attached hydrogen (secondary N) is 1. The van der Waals surface area contributed by atoms with E-state index in [0.29, 0.717) is 35.6 Å². The molecule has 1 aliphatic rings. The number of amides is 1. The Morgan fingerprint density at radius 2 is 1.64 bits per heavy atom. The molecular weight excluding hydrogens is 599 g/mol. The first kappa shape index (κ1) is 35.9. The molecule has 0 aromatic heterocycles. The molecule has 1 fully saturated rings. The summed E-state index contributed by atoms with van der Waals surface area (Å²) in [7, 11) is 0. The van der Waals surface area contributed by atoms with Crippen LogP contribution in [0.15, 0.2) is 60.7 Å². The molecule has 1 amide bonds. The van der Waals surface area contributed by atoms with E-state index in [1.54, 1.807) is 45.9 Å². The van der Waals surface area contributed by atoms with Crippen molar-refractivity contribution in [3.8, 4) is 16.9 Å². The topological polar surface area (TPSA) is 86.3 Å². The number of ether oxygens (including phenoxy) is 4. The number of benzene rings is 3. The van der Waals surface area contributed by atoms with E-state index in [9.17, 15) is 9.59 Å². The largest absolute Gasteiger partial charge is 0.489 e. The minimum absolute atomic E-state index is 0.0866. The summed E-state index contributed by atoms with van der Waals surface area (Å²) in [5.41, 5.74) is 2.85. The molecule has 0 aliphatic carbocycles. The Hall–Kier alpha value is -3.95. The molecule has 1 saturated heterocycles. The third kappa shape index (κ3) is 11.4. The van der Waals surface area contributed by atoms with Crippen molar-refractivity contribution in [3.63, 3.8) is 0 Å². The van der Waals surface area contributed by atoms with Crippen LogP contribution in [0.1, 0.15) is 83.2 Å². The van der Waals surface area contributed by atoms with Crippen molar-refractivity contribution in [2.24, 2.45) is 0 Å². The van der Waals surface area contributed by atoms with E-state index in [1.165, 1.54) is 0 Å². The highest BCUT2D eigenvalue weighted by molar-refractivity contribution is 5.74. The molecule has 0 bridgehead atoms. The smallest absolute Gasteiger partial charge is 0.408 e. The monoisotopic (exact) mass is 648 g/mol. The highest BCUT2D eigenvalue weighted by Crippen LogP contribution is 2.31. The molecule has 254 valence electrons. The zero-order valence-corrected chi connectivity index (χ0v) is 28.8. The van der Waals surface area contributed by atoms with E-state index in [0.717, 1.165) is 42.8 Å². The second-order valence-electron chi connectivity index (χ2n) is 14.0. The Labute approximate surface area is 278 Å². The highest BCUT2D eigenvalue weighted by atomic mass is 19.1. The van der Waals surface area contributed by atoms with Crippen molar-refractivity contribution in [1.29, 1.82) is 0 Å². The van der Waals surface area contributed by atoms with Crippen LogP contribution >= 0.6 is 0 Å². The summed E-state index contributed by atoms with van der Waals surface area (Å²) >= 11 is 0. The van der Waals surface area contributed by atoms with Crippen LogP contribution in [-0.2, 0) is 38.6 Å². The van der Waals surface area contributed by atoms with Crippen molar-refractivity contribution in [2.75, 3.05) is 26.3 Å². The van der Waals surface area contributed by atoms with Crippen LogP contribution in [0.5, 0.6) is 5.75 Å². The van der Waals surface area contributed by atoms with Gasteiger partial charge in [-0.3, -0.25) is 9.69 Å². The van der Waals surface area contributed by atoms with Gasteiger partial charge in [-0.15, -0.1) is 0 Å². The van der Waals surface area contributed by atoms with E-state index < -0.39 is 29.2 Å². The van der Waals surface area contributed by atoms with Gasteiger partial charge in [0.05, 0.1) is 19.1 Å². The SMILES string of the molecule is C[C@@H](NC(=O)OC(C)(C)C)c1cccc(-c2cc(COc3ccccc3CC(=O)OC(C)(C)C)cc(CN3CCCOCC3)c2)c1F. The molecule has 0 radical (unpaired) electrons. The predicted molar refractivity (Wildman–Crippen MR) is 181 cm³/mol.